The van der Waals surface area contributed by atoms with E-state index in [2.05, 4.69) is 34.5 Å². The number of aryl methyl sites for hydroxylation is 1. The van der Waals surface area contributed by atoms with Crippen LogP contribution in [0.2, 0.25) is 0 Å². The lowest BCUT2D eigenvalue weighted by Crippen LogP contribution is -2.25. The van der Waals surface area contributed by atoms with Gasteiger partial charge in [0.15, 0.2) is 0 Å². The second-order valence-corrected chi connectivity index (χ2v) is 6.49. The van der Waals surface area contributed by atoms with Gasteiger partial charge < -0.3 is 10.2 Å². The fourth-order valence-corrected chi connectivity index (χ4v) is 3.26. The number of nitrogens with zero attached hydrogens (tertiary/aromatic N) is 2. The van der Waals surface area contributed by atoms with Crippen molar-refractivity contribution in [1.82, 2.24) is 5.32 Å². The Balaban J connectivity index is 1.47. The maximum atomic E-state index is 12.2. The van der Waals surface area contributed by atoms with E-state index in [9.17, 15) is 14.9 Å². The molecule has 2 aromatic rings. The fraction of sp³-hybridized carbons (Fsp3) is 0.350. The maximum absolute atomic E-state index is 12.2. The summed E-state index contributed by atoms with van der Waals surface area (Å²) in [6.07, 6.45) is 4.18. The average molecular weight is 353 g/mol. The molecular formula is C20H23N3O3. The SMILES string of the molecule is O=C(NCCCc1ccc(N2CCCC2)cc1)c1ccccc1[N+](=O)[O-]. The molecule has 6 nitrogen and oxygen atoms in total. The number of para-hydroxylation sites is 1. The molecule has 1 fully saturated rings. The van der Waals surface area contributed by atoms with Gasteiger partial charge in [-0.2, -0.15) is 0 Å². The monoisotopic (exact) mass is 353 g/mol. The predicted molar refractivity (Wildman–Crippen MR) is 102 cm³/mol. The van der Waals surface area contributed by atoms with E-state index in [1.807, 2.05) is 0 Å². The standard InChI is InChI=1S/C20H23N3O3/c24-20(18-7-1-2-8-19(18)23(25)26)21-13-5-6-16-9-11-17(12-10-16)22-14-3-4-15-22/h1-2,7-12H,3-6,13-15H2,(H,21,24). The van der Waals surface area contributed by atoms with E-state index in [0.717, 1.165) is 25.9 Å². The summed E-state index contributed by atoms with van der Waals surface area (Å²) in [4.78, 5) is 25.0. The topological polar surface area (TPSA) is 75.5 Å². The van der Waals surface area contributed by atoms with Crippen LogP contribution in [0.25, 0.3) is 0 Å². The summed E-state index contributed by atoms with van der Waals surface area (Å²) in [5, 5.41) is 13.8. The number of nitrogens with one attached hydrogen (secondary N) is 1. The summed E-state index contributed by atoms with van der Waals surface area (Å²) in [5.74, 6) is -0.401. The van der Waals surface area contributed by atoms with Crippen molar-refractivity contribution in [1.29, 1.82) is 0 Å². The first kappa shape index (κ1) is 17.9. The van der Waals surface area contributed by atoms with Crippen LogP contribution in [-0.4, -0.2) is 30.5 Å². The van der Waals surface area contributed by atoms with Crippen LogP contribution in [0.3, 0.4) is 0 Å². The van der Waals surface area contributed by atoms with Crippen LogP contribution in [0.4, 0.5) is 11.4 Å². The van der Waals surface area contributed by atoms with Gasteiger partial charge in [-0.05, 0) is 49.4 Å². The summed E-state index contributed by atoms with van der Waals surface area (Å²) in [6.45, 7) is 2.76. The van der Waals surface area contributed by atoms with E-state index in [4.69, 9.17) is 0 Å². The van der Waals surface area contributed by atoms with Gasteiger partial charge >= 0.3 is 0 Å². The third-order valence-electron chi connectivity index (χ3n) is 4.68. The molecule has 0 spiro atoms. The number of carbonyl (C=O) groups is 1. The molecule has 6 heteroatoms. The first-order chi connectivity index (χ1) is 12.6. The second-order valence-electron chi connectivity index (χ2n) is 6.49. The normalized spacial score (nSPS) is 13.6. The summed E-state index contributed by atoms with van der Waals surface area (Å²) >= 11 is 0. The molecule has 136 valence electrons. The first-order valence-electron chi connectivity index (χ1n) is 9.00. The van der Waals surface area contributed by atoms with Crippen molar-refractivity contribution in [2.24, 2.45) is 0 Å². The summed E-state index contributed by atoms with van der Waals surface area (Å²) in [6, 6.07) is 14.6. The molecule has 0 bridgehead atoms. The van der Waals surface area contributed by atoms with E-state index in [0.29, 0.717) is 6.54 Å². The van der Waals surface area contributed by atoms with Gasteiger partial charge in [0.25, 0.3) is 11.6 Å². The molecule has 26 heavy (non-hydrogen) atoms. The molecule has 0 saturated carbocycles. The van der Waals surface area contributed by atoms with E-state index in [1.165, 1.54) is 36.2 Å². The zero-order valence-electron chi connectivity index (χ0n) is 14.7. The Bertz CT molecular complexity index is 768. The largest absolute Gasteiger partial charge is 0.372 e. The smallest absolute Gasteiger partial charge is 0.282 e. The van der Waals surface area contributed by atoms with Crippen molar-refractivity contribution in [3.05, 3.63) is 69.8 Å². The van der Waals surface area contributed by atoms with Crippen molar-refractivity contribution in [2.75, 3.05) is 24.5 Å². The van der Waals surface area contributed by atoms with E-state index >= 15 is 0 Å². The highest BCUT2D eigenvalue weighted by Gasteiger charge is 2.18. The number of rotatable bonds is 7. The molecule has 0 unspecified atom stereocenters. The highest BCUT2D eigenvalue weighted by atomic mass is 16.6. The third kappa shape index (κ3) is 4.39. The van der Waals surface area contributed by atoms with Crippen LogP contribution in [-0.2, 0) is 6.42 Å². The Hall–Kier alpha value is -2.89. The number of hydrogen-bond acceptors (Lipinski definition) is 4. The van der Waals surface area contributed by atoms with Crippen LogP contribution < -0.4 is 10.2 Å². The number of hydrogen-bond donors (Lipinski definition) is 1. The quantitative estimate of drug-likeness (QED) is 0.469. The van der Waals surface area contributed by atoms with Crippen LogP contribution in [0.15, 0.2) is 48.5 Å². The molecule has 1 N–H and O–H groups in total. The molecule has 1 saturated heterocycles. The molecule has 1 amide bonds. The number of anilines is 1. The lowest BCUT2D eigenvalue weighted by molar-refractivity contribution is -0.385. The Labute approximate surface area is 153 Å². The highest BCUT2D eigenvalue weighted by molar-refractivity contribution is 5.98. The minimum atomic E-state index is -0.531. The average Bonchev–Trinajstić information content (AvgIpc) is 3.20. The number of nitro groups is 1. The minimum absolute atomic E-state index is 0.104. The molecule has 0 aliphatic carbocycles. The first-order valence-corrected chi connectivity index (χ1v) is 9.00. The summed E-state index contributed by atoms with van der Waals surface area (Å²) in [7, 11) is 0. The Morgan fingerprint density at radius 1 is 1.08 bits per heavy atom. The van der Waals surface area contributed by atoms with Crippen LogP contribution in [0.1, 0.15) is 35.2 Å². The van der Waals surface area contributed by atoms with Crippen LogP contribution in [0.5, 0.6) is 0 Å². The summed E-state index contributed by atoms with van der Waals surface area (Å²) in [5.41, 5.74) is 2.44. The number of nitro benzene ring substituents is 1. The third-order valence-corrected chi connectivity index (χ3v) is 4.68. The predicted octanol–water partition coefficient (Wildman–Crippen LogP) is 3.56. The lowest BCUT2D eigenvalue weighted by atomic mass is 10.1. The molecule has 0 aromatic heterocycles. The van der Waals surface area contributed by atoms with Gasteiger partial charge in [0.05, 0.1) is 4.92 Å². The Morgan fingerprint density at radius 3 is 2.46 bits per heavy atom. The van der Waals surface area contributed by atoms with Gasteiger partial charge in [-0.3, -0.25) is 14.9 Å². The van der Waals surface area contributed by atoms with Gasteiger partial charge in [0.2, 0.25) is 0 Å². The fourth-order valence-electron chi connectivity index (χ4n) is 3.26. The number of benzene rings is 2. The zero-order chi connectivity index (χ0) is 18.4. The summed E-state index contributed by atoms with van der Waals surface area (Å²) < 4.78 is 0. The van der Waals surface area contributed by atoms with E-state index < -0.39 is 10.8 Å². The van der Waals surface area contributed by atoms with E-state index in [-0.39, 0.29) is 11.3 Å². The molecule has 3 rings (SSSR count). The van der Waals surface area contributed by atoms with Gasteiger partial charge in [0, 0.05) is 31.4 Å². The molecule has 1 aliphatic heterocycles. The van der Waals surface area contributed by atoms with Gasteiger partial charge in [-0.15, -0.1) is 0 Å². The lowest BCUT2D eigenvalue weighted by Gasteiger charge is -2.17. The molecule has 1 heterocycles. The second kappa shape index (κ2) is 8.47. The van der Waals surface area contributed by atoms with Crippen molar-refractivity contribution in [3.8, 4) is 0 Å². The van der Waals surface area contributed by atoms with Crippen LogP contribution >= 0.6 is 0 Å². The van der Waals surface area contributed by atoms with Gasteiger partial charge in [0.1, 0.15) is 5.56 Å². The van der Waals surface area contributed by atoms with Crippen LogP contribution in [0, 0.1) is 10.1 Å². The molecular weight excluding hydrogens is 330 g/mol. The van der Waals surface area contributed by atoms with Crippen molar-refractivity contribution < 1.29 is 9.72 Å². The van der Waals surface area contributed by atoms with Gasteiger partial charge in [-0.1, -0.05) is 24.3 Å². The minimum Gasteiger partial charge on any atom is -0.372 e. The molecule has 0 atom stereocenters. The number of amides is 1. The van der Waals surface area contributed by atoms with Crippen molar-refractivity contribution >= 4 is 17.3 Å². The molecule has 0 radical (unpaired) electrons. The Kier molecular flexibility index (Phi) is 5.84. The van der Waals surface area contributed by atoms with Gasteiger partial charge in [-0.25, -0.2) is 0 Å². The van der Waals surface area contributed by atoms with Crippen molar-refractivity contribution in [2.45, 2.75) is 25.7 Å². The van der Waals surface area contributed by atoms with E-state index in [1.54, 1.807) is 12.1 Å². The zero-order valence-corrected chi connectivity index (χ0v) is 14.7. The highest BCUT2D eigenvalue weighted by Crippen LogP contribution is 2.21. The molecule has 1 aliphatic rings. The van der Waals surface area contributed by atoms with Crippen molar-refractivity contribution in [3.63, 3.8) is 0 Å². The molecule has 2 aromatic carbocycles. The maximum Gasteiger partial charge on any atom is 0.282 e. The Morgan fingerprint density at radius 2 is 1.77 bits per heavy atom. The number of carbonyl (C=O) groups excluding carboxylic acids is 1.